The Morgan fingerprint density at radius 2 is 1.58 bits per heavy atom. The molecule has 0 aliphatic heterocycles. The number of benzene rings is 2. The monoisotopic (exact) mass is 676 g/mol. The number of fused-ring (bicyclic) bond motifs is 3. The van der Waals surface area contributed by atoms with E-state index in [4.69, 9.17) is 4.42 Å². The number of pyridine rings is 3. The molecule has 0 amide bonds. The average Bonchev–Trinajstić information content (AvgIpc) is 3.29. The Morgan fingerprint density at radius 1 is 0.789 bits per heavy atom. The molecule has 4 aromatic heterocycles. The zero-order chi connectivity index (χ0) is 25.9. The zero-order valence-corrected chi connectivity index (χ0v) is 24.6. The molecule has 0 saturated heterocycles. The summed E-state index contributed by atoms with van der Waals surface area (Å²) in [4.78, 5) is 13.3. The van der Waals surface area contributed by atoms with Gasteiger partial charge in [0.1, 0.15) is 0 Å². The van der Waals surface area contributed by atoms with Gasteiger partial charge in [0.05, 0.1) is 5.58 Å². The first-order valence-corrected chi connectivity index (χ1v) is 12.5. The third-order valence-corrected chi connectivity index (χ3v) is 6.39. The van der Waals surface area contributed by atoms with Gasteiger partial charge in [0, 0.05) is 44.1 Å². The standard InChI is InChI=1S/C20H17N2O.C13H12N.Ir/c1-12(2)17-10-18(22-11-13(17)3)16-7-4-6-14-15-8-5-9-21-20(15)23-19(14)16;1-10-3-6-12(7-4-10)13-8-5-11(2)9-14-13;/h4-6,8-12H,1-3H3;3-6,8-9H,1-2H3;/q2*-1;. The molecule has 0 N–H and O–H groups in total. The molecule has 0 saturated carbocycles. The van der Waals surface area contributed by atoms with E-state index in [1.807, 2.05) is 61.8 Å². The van der Waals surface area contributed by atoms with Crippen molar-refractivity contribution in [3.05, 3.63) is 114 Å². The minimum absolute atomic E-state index is 0. The van der Waals surface area contributed by atoms with Crippen molar-refractivity contribution >= 4 is 22.1 Å². The quantitative estimate of drug-likeness (QED) is 0.177. The van der Waals surface area contributed by atoms with E-state index >= 15 is 0 Å². The maximum absolute atomic E-state index is 5.99. The van der Waals surface area contributed by atoms with E-state index in [-0.39, 0.29) is 20.1 Å². The summed E-state index contributed by atoms with van der Waals surface area (Å²) in [6, 6.07) is 26.7. The van der Waals surface area contributed by atoms with Gasteiger partial charge in [-0.2, -0.15) is 0 Å². The van der Waals surface area contributed by atoms with Crippen LogP contribution in [0.5, 0.6) is 0 Å². The third kappa shape index (κ3) is 5.75. The van der Waals surface area contributed by atoms with Gasteiger partial charge in [-0.15, -0.1) is 53.6 Å². The fourth-order valence-corrected chi connectivity index (χ4v) is 4.35. The van der Waals surface area contributed by atoms with E-state index in [1.165, 1.54) is 22.3 Å². The van der Waals surface area contributed by atoms with Crippen LogP contribution in [0, 0.1) is 32.9 Å². The fraction of sp³-hybridized carbons (Fsp3) is 0.182. The van der Waals surface area contributed by atoms with Crippen LogP contribution in [-0.2, 0) is 20.1 Å². The molecular formula is C33H29IrN3O-2. The molecule has 0 bridgehead atoms. The van der Waals surface area contributed by atoms with Gasteiger partial charge in [-0.3, -0.25) is 0 Å². The van der Waals surface area contributed by atoms with Crippen LogP contribution in [0.4, 0.5) is 0 Å². The maximum atomic E-state index is 5.99. The molecule has 38 heavy (non-hydrogen) atoms. The Hall–Kier alpha value is -3.66. The van der Waals surface area contributed by atoms with Gasteiger partial charge >= 0.3 is 0 Å². The summed E-state index contributed by atoms with van der Waals surface area (Å²) in [6.07, 6.45) is 5.55. The number of hydrogen-bond donors (Lipinski definition) is 0. The Labute approximate surface area is 237 Å². The van der Waals surface area contributed by atoms with Gasteiger partial charge in [-0.05, 0) is 60.0 Å². The summed E-state index contributed by atoms with van der Waals surface area (Å²) in [5.74, 6) is 0.452. The number of rotatable bonds is 3. The molecule has 193 valence electrons. The summed E-state index contributed by atoms with van der Waals surface area (Å²) < 4.78 is 5.99. The van der Waals surface area contributed by atoms with E-state index in [9.17, 15) is 0 Å². The maximum Gasteiger partial charge on any atom is 0.216 e. The number of nitrogens with zero attached hydrogens (tertiary/aromatic N) is 3. The number of aryl methyl sites for hydroxylation is 3. The van der Waals surface area contributed by atoms with Crippen LogP contribution in [0.2, 0.25) is 0 Å². The van der Waals surface area contributed by atoms with Crippen molar-refractivity contribution in [3.8, 4) is 22.5 Å². The van der Waals surface area contributed by atoms with Crippen molar-refractivity contribution in [2.45, 2.75) is 40.5 Å². The second kappa shape index (κ2) is 11.8. The Balaban J connectivity index is 0.000000193. The Bertz CT molecular complexity index is 1630. The normalized spacial score (nSPS) is 10.8. The van der Waals surface area contributed by atoms with Crippen molar-refractivity contribution in [2.75, 3.05) is 0 Å². The summed E-state index contributed by atoms with van der Waals surface area (Å²) in [5.41, 5.74) is 10.2. The van der Waals surface area contributed by atoms with E-state index < -0.39 is 0 Å². The van der Waals surface area contributed by atoms with Gasteiger partial charge in [0.25, 0.3) is 0 Å². The van der Waals surface area contributed by atoms with Crippen molar-refractivity contribution in [1.82, 2.24) is 15.0 Å². The van der Waals surface area contributed by atoms with E-state index in [0.29, 0.717) is 11.6 Å². The molecule has 4 heterocycles. The molecule has 0 spiro atoms. The largest absolute Gasteiger partial charge is 0.486 e. The van der Waals surface area contributed by atoms with Crippen molar-refractivity contribution in [2.24, 2.45) is 0 Å². The fourth-order valence-electron chi connectivity index (χ4n) is 4.35. The predicted octanol–water partition coefficient (Wildman–Crippen LogP) is 8.44. The van der Waals surface area contributed by atoms with Crippen molar-refractivity contribution < 1.29 is 24.5 Å². The SMILES string of the molecule is Cc1c[c-]c(-c2ccc(C)cn2)cc1.Cc1cnc(-c2[c-]ccc3c2oc2ncccc23)cc1C(C)C.[Ir]. The smallest absolute Gasteiger partial charge is 0.216 e. The molecule has 4 nitrogen and oxygen atoms in total. The molecule has 0 unspecified atom stereocenters. The van der Waals surface area contributed by atoms with E-state index in [0.717, 1.165) is 38.9 Å². The molecule has 5 heteroatoms. The number of hydrogen-bond acceptors (Lipinski definition) is 4. The van der Waals surface area contributed by atoms with Crippen LogP contribution in [0.25, 0.3) is 44.6 Å². The topological polar surface area (TPSA) is 51.8 Å². The van der Waals surface area contributed by atoms with E-state index in [2.05, 4.69) is 73.0 Å². The van der Waals surface area contributed by atoms with Crippen LogP contribution >= 0.6 is 0 Å². The van der Waals surface area contributed by atoms with Crippen LogP contribution in [0.15, 0.2) is 83.7 Å². The van der Waals surface area contributed by atoms with E-state index in [1.54, 1.807) is 6.20 Å². The van der Waals surface area contributed by atoms with Crippen LogP contribution < -0.4 is 0 Å². The first-order valence-electron chi connectivity index (χ1n) is 12.5. The minimum Gasteiger partial charge on any atom is -0.486 e. The summed E-state index contributed by atoms with van der Waals surface area (Å²) in [5, 5.41) is 2.07. The van der Waals surface area contributed by atoms with Gasteiger partial charge in [0.2, 0.25) is 5.71 Å². The second-order valence-electron chi connectivity index (χ2n) is 9.63. The summed E-state index contributed by atoms with van der Waals surface area (Å²) >= 11 is 0. The first kappa shape index (κ1) is 27.4. The number of furan rings is 1. The van der Waals surface area contributed by atoms with Crippen molar-refractivity contribution in [1.29, 1.82) is 0 Å². The zero-order valence-electron chi connectivity index (χ0n) is 22.2. The van der Waals surface area contributed by atoms with Gasteiger partial charge in [0.15, 0.2) is 0 Å². The van der Waals surface area contributed by atoms with Gasteiger partial charge < -0.3 is 14.4 Å². The average molecular weight is 676 g/mol. The van der Waals surface area contributed by atoms with Crippen LogP contribution in [0.3, 0.4) is 0 Å². The molecule has 1 radical (unpaired) electrons. The second-order valence-corrected chi connectivity index (χ2v) is 9.63. The van der Waals surface area contributed by atoms with Gasteiger partial charge in [-0.1, -0.05) is 49.9 Å². The molecular weight excluding hydrogens is 647 g/mol. The Kier molecular flexibility index (Phi) is 8.51. The molecule has 2 aromatic carbocycles. The molecule has 6 aromatic rings. The molecule has 0 fully saturated rings. The first-order chi connectivity index (χ1) is 17.9. The van der Waals surface area contributed by atoms with Crippen molar-refractivity contribution in [3.63, 3.8) is 0 Å². The Morgan fingerprint density at radius 3 is 2.29 bits per heavy atom. The molecule has 6 rings (SSSR count). The summed E-state index contributed by atoms with van der Waals surface area (Å²) in [6.45, 7) is 10.6. The van der Waals surface area contributed by atoms with Gasteiger partial charge in [-0.25, -0.2) is 4.98 Å². The predicted molar refractivity (Wildman–Crippen MR) is 150 cm³/mol. The third-order valence-electron chi connectivity index (χ3n) is 6.39. The number of aromatic nitrogens is 3. The molecule has 0 aliphatic carbocycles. The molecule has 0 atom stereocenters. The van der Waals surface area contributed by atoms with Crippen LogP contribution in [0.1, 0.15) is 42.0 Å². The summed E-state index contributed by atoms with van der Waals surface area (Å²) in [7, 11) is 0. The van der Waals surface area contributed by atoms with Crippen LogP contribution in [-0.4, -0.2) is 15.0 Å². The minimum atomic E-state index is 0. The molecule has 0 aliphatic rings.